The zero-order valence-electron chi connectivity index (χ0n) is 16.0. The maximum Gasteiger partial charge on any atom is 0.119 e. The van der Waals surface area contributed by atoms with Gasteiger partial charge in [-0.3, -0.25) is 0 Å². The van der Waals surface area contributed by atoms with Crippen LogP contribution in [-0.4, -0.2) is 25.4 Å². The molecule has 2 N–H and O–H groups in total. The highest BCUT2D eigenvalue weighted by Crippen LogP contribution is 2.36. The molecule has 132 valence electrons. The van der Waals surface area contributed by atoms with E-state index in [1.807, 2.05) is 26.0 Å². The fourth-order valence-electron chi connectivity index (χ4n) is 2.98. The normalized spacial score (nSPS) is 13.2. The Morgan fingerprint density at radius 1 is 0.870 bits per heavy atom. The van der Waals surface area contributed by atoms with Crippen LogP contribution in [0.2, 0.25) is 0 Å². The minimum Gasteiger partial charge on any atom is -0.491 e. The molecule has 0 saturated carbocycles. The molecule has 0 spiro atoms. The first-order valence-electron chi connectivity index (χ1n) is 8.49. The van der Waals surface area contributed by atoms with E-state index in [1.54, 1.807) is 0 Å². The molecule has 0 aliphatic rings. The highest BCUT2D eigenvalue weighted by molar-refractivity contribution is 5.31. The van der Waals surface area contributed by atoms with E-state index in [0.29, 0.717) is 25.2 Å². The second kappa shape index (κ2) is 7.67. The molecule has 1 aromatic carbocycles. The minimum absolute atomic E-state index is 0.159. The highest BCUT2D eigenvalue weighted by atomic mass is 16.5. The van der Waals surface area contributed by atoms with Gasteiger partial charge < -0.3 is 15.2 Å². The van der Waals surface area contributed by atoms with Gasteiger partial charge in [0.2, 0.25) is 0 Å². The number of hydrogen-bond acceptors (Lipinski definition) is 3. The van der Waals surface area contributed by atoms with Gasteiger partial charge in [0.05, 0.1) is 13.2 Å². The van der Waals surface area contributed by atoms with Crippen LogP contribution in [-0.2, 0) is 10.2 Å². The molecule has 0 radical (unpaired) electrons. The smallest absolute Gasteiger partial charge is 0.119 e. The maximum atomic E-state index is 5.86. The van der Waals surface area contributed by atoms with E-state index in [9.17, 15) is 0 Å². The van der Waals surface area contributed by atoms with Crippen LogP contribution < -0.4 is 10.5 Å². The van der Waals surface area contributed by atoms with E-state index >= 15 is 0 Å². The number of nitrogens with two attached hydrogens (primary N) is 1. The number of ether oxygens (including phenoxy) is 2. The summed E-state index contributed by atoms with van der Waals surface area (Å²) in [6.45, 7) is 17.0. The first-order valence-corrected chi connectivity index (χ1v) is 8.49. The van der Waals surface area contributed by atoms with E-state index in [1.165, 1.54) is 5.56 Å². The van der Waals surface area contributed by atoms with Crippen LogP contribution in [0.15, 0.2) is 24.3 Å². The zero-order valence-corrected chi connectivity index (χ0v) is 16.0. The van der Waals surface area contributed by atoms with Gasteiger partial charge in [-0.05, 0) is 48.8 Å². The SMILES string of the molecule is CC(C)(C)CC(C)(C)c1ccc(OCCOCC(C)(C)N)cc1. The molecule has 0 saturated heterocycles. The third-order valence-corrected chi connectivity index (χ3v) is 3.58. The van der Waals surface area contributed by atoms with Crippen molar-refractivity contribution in [3.63, 3.8) is 0 Å². The van der Waals surface area contributed by atoms with Crippen molar-refractivity contribution in [2.45, 2.75) is 65.8 Å². The molecule has 0 atom stereocenters. The Bertz CT molecular complexity index is 464. The van der Waals surface area contributed by atoms with E-state index in [4.69, 9.17) is 15.2 Å². The Labute approximate surface area is 142 Å². The van der Waals surface area contributed by atoms with Crippen molar-refractivity contribution in [2.75, 3.05) is 19.8 Å². The largest absolute Gasteiger partial charge is 0.491 e. The molecule has 0 fully saturated rings. The maximum absolute atomic E-state index is 5.86. The van der Waals surface area contributed by atoms with Gasteiger partial charge in [-0.25, -0.2) is 0 Å². The summed E-state index contributed by atoms with van der Waals surface area (Å²) in [6.07, 6.45) is 1.14. The number of rotatable bonds is 8. The molecule has 3 heteroatoms. The quantitative estimate of drug-likeness (QED) is 0.715. The van der Waals surface area contributed by atoms with Crippen molar-refractivity contribution in [3.8, 4) is 5.75 Å². The summed E-state index contributed by atoms with van der Waals surface area (Å²) in [5.74, 6) is 0.885. The standard InChI is InChI=1S/C20H35NO2/c1-18(2,3)14-19(4,5)16-8-10-17(11-9-16)23-13-12-22-15-20(6,7)21/h8-11H,12-15,21H2,1-7H3. The Kier molecular flexibility index (Phi) is 6.67. The van der Waals surface area contributed by atoms with Crippen LogP contribution in [0, 0.1) is 5.41 Å². The second-order valence-corrected chi connectivity index (χ2v) is 9.04. The van der Waals surface area contributed by atoms with Crippen LogP contribution in [0.3, 0.4) is 0 Å². The van der Waals surface area contributed by atoms with E-state index in [2.05, 4.69) is 46.8 Å². The van der Waals surface area contributed by atoms with Crippen LogP contribution in [0.5, 0.6) is 5.75 Å². The predicted octanol–water partition coefficient (Wildman–Crippen LogP) is 4.53. The van der Waals surface area contributed by atoms with Crippen LogP contribution in [0.1, 0.15) is 60.5 Å². The summed E-state index contributed by atoms with van der Waals surface area (Å²) >= 11 is 0. The lowest BCUT2D eigenvalue weighted by Gasteiger charge is -2.33. The average molecular weight is 322 g/mol. The second-order valence-electron chi connectivity index (χ2n) is 9.04. The van der Waals surface area contributed by atoms with Gasteiger partial charge >= 0.3 is 0 Å². The van der Waals surface area contributed by atoms with Crippen molar-refractivity contribution in [2.24, 2.45) is 11.1 Å². The molecular weight excluding hydrogens is 286 g/mol. The topological polar surface area (TPSA) is 44.5 Å². The Morgan fingerprint density at radius 2 is 1.43 bits per heavy atom. The molecule has 0 amide bonds. The van der Waals surface area contributed by atoms with Crippen molar-refractivity contribution < 1.29 is 9.47 Å². The lowest BCUT2D eigenvalue weighted by Crippen LogP contribution is -2.37. The van der Waals surface area contributed by atoms with Gasteiger partial charge in [0.1, 0.15) is 12.4 Å². The third-order valence-electron chi connectivity index (χ3n) is 3.58. The van der Waals surface area contributed by atoms with Gasteiger partial charge in [0.25, 0.3) is 0 Å². The molecule has 3 nitrogen and oxygen atoms in total. The number of benzene rings is 1. The van der Waals surface area contributed by atoms with Crippen LogP contribution >= 0.6 is 0 Å². The van der Waals surface area contributed by atoms with Crippen molar-refractivity contribution in [1.29, 1.82) is 0 Å². The molecular formula is C20H35NO2. The summed E-state index contributed by atoms with van der Waals surface area (Å²) in [7, 11) is 0. The first kappa shape index (κ1) is 20.0. The van der Waals surface area contributed by atoms with Gasteiger partial charge in [-0.2, -0.15) is 0 Å². The summed E-state index contributed by atoms with van der Waals surface area (Å²) < 4.78 is 11.2. The average Bonchev–Trinajstić information content (AvgIpc) is 2.34. The lowest BCUT2D eigenvalue weighted by atomic mass is 9.72. The van der Waals surface area contributed by atoms with Crippen molar-refractivity contribution in [1.82, 2.24) is 0 Å². The van der Waals surface area contributed by atoms with Gasteiger partial charge in [-0.1, -0.05) is 46.8 Å². The van der Waals surface area contributed by atoms with E-state index < -0.39 is 0 Å². The van der Waals surface area contributed by atoms with E-state index in [-0.39, 0.29) is 11.0 Å². The first-order chi connectivity index (χ1) is 10.4. The van der Waals surface area contributed by atoms with E-state index in [0.717, 1.165) is 12.2 Å². The van der Waals surface area contributed by atoms with Crippen molar-refractivity contribution in [3.05, 3.63) is 29.8 Å². The summed E-state index contributed by atoms with van der Waals surface area (Å²) in [5.41, 5.74) is 7.39. The molecule has 0 bridgehead atoms. The third kappa shape index (κ3) is 8.38. The lowest BCUT2D eigenvalue weighted by molar-refractivity contribution is 0.0724. The Balaban J connectivity index is 2.47. The van der Waals surface area contributed by atoms with Crippen LogP contribution in [0.4, 0.5) is 0 Å². The monoisotopic (exact) mass is 321 g/mol. The van der Waals surface area contributed by atoms with Crippen LogP contribution in [0.25, 0.3) is 0 Å². The Hall–Kier alpha value is -1.06. The predicted molar refractivity (Wildman–Crippen MR) is 98.1 cm³/mol. The minimum atomic E-state index is -0.291. The summed E-state index contributed by atoms with van der Waals surface area (Å²) in [6, 6.07) is 8.44. The molecule has 1 rings (SSSR count). The summed E-state index contributed by atoms with van der Waals surface area (Å²) in [4.78, 5) is 0. The molecule has 23 heavy (non-hydrogen) atoms. The fraction of sp³-hybridized carbons (Fsp3) is 0.700. The van der Waals surface area contributed by atoms with Gasteiger partial charge in [0.15, 0.2) is 0 Å². The van der Waals surface area contributed by atoms with Gasteiger partial charge in [0, 0.05) is 5.54 Å². The number of hydrogen-bond donors (Lipinski definition) is 1. The zero-order chi connectivity index (χ0) is 17.7. The molecule has 0 aliphatic heterocycles. The molecule has 0 heterocycles. The molecule has 0 unspecified atom stereocenters. The van der Waals surface area contributed by atoms with Crippen molar-refractivity contribution >= 4 is 0 Å². The highest BCUT2D eigenvalue weighted by Gasteiger charge is 2.27. The molecule has 0 aromatic heterocycles. The Morgan fingerprint density at radius 3 is 1.91 bits per heavy atom. The molecule has 1 aromatic rings. The fourth-order valence-corrected chi connectivity index (χ4v) is 2.98. The summed E-state index contributed by atoms with van der Waals surface area (Å²) in [5, 5.41) is 0. The van der Waals surface area contributed by atoms with Gasteiger partial charge in [-0.15, -0.1) is 0 Å². The molecule has 0 aliphatic carbocycles.